The van der Waals surface area contributed by atoms with Gasteiger partial charge in [0.05, 0.1) is 23.4 Å². The van der Waals surface area contributed by atoms with Gasteiger partial charge in [0.2, 0.25) is 0 Å². The predicted molar refractivity (Wildman–Crippen MR) is 98.2 cm³/mol. The molecular formula is C18H22N4O3S. The summed E-state index contributed by atoms with van der Waals surface area (Å²) >= 11 is 1.66. The van der Waals surface area contributed by atoms with Crippen molar-refractivity contribution in [3.05, 3.63) is 45.7 Å². The maximum Gasteiger partial charge on any atom is 0.339 e. The first-order valence-electron chi connectivity index (χ1n) is 8.54. The largest absolute Gasteiger partial charge is 0.465 e. The van der Waals surface area contributed by atoms with E-state index in [2.05, 4.69) is 25.0 Å². The number of ether oxygens (including phenoxy) is 1. The average Bonchev–Trinajstić information content (AvgIpc) is 2.93. The zero-order valence-electron chi connectivity index (χ0n) is 15.0. The second-order valence-corrected chi connectivity index (χ2v) is 7.27. The Morgan fingerprint density at radius 3 is 2.73 bits per heavy atom. The normalized spacial score (nSPS) is 15.5. The molecule has 26 heavy (non-hydrogen) atoms. The number of carbonyl (C=O) groups excluding carboxylic acids is 2. The van der Waals surface area contributed by atoms with E-state index in [0.717, 1.165) is 36.8 Å². The molecule has 0 bridgehead atoms. The highest BCUT2D eigenvalue weighted by atomic mass is 32.1. The minimum atomic E-state index is -0.459. The van der Waals surface area contributed by atoms with Crippen LogP contribution in [0.2, 0.25) is 0 Å². The van der Waals surface area contributed by atoms with Crippen molar-refractivity contribution in [2.24, 2.45) is 0 Å². The van der Waals surface area contributed by atoms with E-state index in [-0.39, 0.29) is 5.91 Å². The van der Waals surface area contributed by atoms with Crippen LogP contribution in [0.3, 0.4) is 0 Å². The van der Waals surface area contributed by atoms with E-state index < -0.39 is 5.97 Å². The van der Waals surface area contributed by atoms with Crippen LogP contribution in [0.1, 0.15) is 38.0 Å². The maximum absolute atomic E-state index is 12.7. The molecule has 1 saturated heterocycles. The molecule has 0 radical (unpaired) electrons. The van der Waals surface area contributed by atoms with Crippen molar-refractivity contribution in [3.63, 3.8) is 0 Å². The molecular weight excluding hydrogens is 352 g/mol. The molecule has 1 fully saturated rings. The third-order valence-corrected chi connectivity index (χ3v) is 5.15. The van der Waals surface area contributed by atoms with E-state index in [0.29, 0.717) is 24.3 Å². The molecule has 3 rings (SSSR count). The summed E-state index contributed by atoms with van der Waals surface area (Å²) < 4.78 is 4.65. The van der Waals surface area contributed by atoms with Gasteiger partial charge in [-0.2, -0.15) is 0 Å². The molecule has 0 spiro atoms. The molecule has 0 N–H and O–H groups in total. The Labute approximate surface area is 156 Å². The fraction of sp³-hybridized carbons (Fsp3) is 0.444. The van der Waals surface area contributed by atoms with Crippen molar-refractivity contribution >= 4 is 23.2 Å². The summed E-state index contributed by atoms with van der Waals surface area (Å²) in [6.45, 7) is 5.93. The van der Waals surface area contributed by atoms with Gasteiger partial charge in [0.1, 0.15) is 5.69 Å². The van der Waals surface area contributed by atoms with E-state index in [1.165, 1.54) is 13.3 Å². The molecule has 0 unspecified atom stereocenters. The number of thiazole rings is 1. The number of rotatable bonds is 4. The Morgan fingerprint density at radius 2 is 2.08 bits per heavy atom. The van der Waals surface area contributed by atoms with Crippen molar-refractivity contribution < 1.29 is 14.3 Å². The monoisotopic (exact) mass is 374 g/mol. The minimum Gasteiger partial charge on any atom is -0.465 e. The van der Waals surface area contributed by atoms with Gasteiger partial charge >= 0.3 is 5.97 Å². The van der Waals surface area contributed by atoms with Crippen LogP contribution >= 0.6 is 11.3 Å². The lowest BCUT2D eigenvalue weighted by Gasteiger charge is -2.21. The van der Waals surface area contributed by atoms with Gasteiger partial charge in [-0.1, -0.05) is 0 Å². The molecule has 0 saturated carbocycles. The van der Waals surface area contributed by atoms with Crippen LogP contribution in [0.25, 0.3) is 0 Å². The molecule has 1 aliphatic rings. The lowest BCUT2D eigenvalue weighted by Crippen LogP contribution is -2.35. The fourth-order valence-electron chi connectivity index (χ4n) is 2.96. The van der Waals surface area contributed by atoms with Gasteiger partial charge in [-0.15, -0.1) is 11.3 Å². The highest BCUT2D eigenvalue weighted by Crippen LogP contribution is 2.14. The second kappa shape index (κ2) is 8.37. The SMILES string of the molecule is COC(=O)c1ccc(C(=O)N2CCCN(Cc3csc(C)n3)CC2)nc1. The van der Waals surface area contributed by atoms with E-state index in [1.54, 1.807) is 23.5 Å². The topological polar surface area (TPSA) is 75.6 Å². The van der Waals surface area contributed by atoms with Crippen LogP contribution in [0, 0.1) is 6.92 Å². The van der Waals surface area contributed by atoms with Crippen molar-refractivity contribution in [1.29, 1.82) is 0 Å². The Hall–Kier alpha value is -2.32. The van der Waals surface area contributed by atoms with E-state index in [1.807, 2.05) is 11.8 Å². The van der Waals surface area contributed by atoms with Gasteiger partial charge in [0, 0.05) is 44.3 Å². The number of carbonyl (C=O) groups is 2. The Kier molecular flexibility index (Phi) is 5.95. The van der Waals surface area contributed by atoms with Crippen molar-refractivity contribution in [1.82, 2.24) is 19.8 Å². The average molecular weight is 374 g/mol. The first kappa shape index (κ1) is 18.5. The van der Waals surface area contributed by atoms with E-state index in [4.69, 9.17) is 0 Å². The number of hydrogen-bond acceptors (Lipinski definition) is 7. The van der Waals surface area contributed by atoms with Gasteiger partial charge in [0.15, 0.2) is 0 Å². The van der Waals surface area contributed by atoms with Crippen molar-refractivity contribution in [3.8, 4) is 0 Å². The molecule has 2 aromatic heterocycles. The molecule has 3 heterocycles. The first-order chi connectivity index (χ1) is 12.6. The quantitative estimate of drug-likeness (QED) is 0.762. The number of aryl methyl sites for hydroxylation is 1. The number of aromatic nitrogens is 2. The van der Waals surface area contributed by atoms with Crippen LogP contribution < -0.4 is 0 Å². The Morgan fingerprint density at radius 1 is 1.23 bits per heavy atom. The van der Waals surface area contributed by atoms with E-state index in [9.17, 15) is 9.59 Å². The smallest absolute Gasteiger partial charge is 0.339 e. The molecule has 8 heteroatoms. The van der Waals surface area contributed by atoms with Crippen molar-refractivity contribution in [2.45, 2.75) is 19.9 Å². The van der Waals surface area contributed by atoms with Crippen LogP contribution in [0.5, 0.6) is 0 Å². The summed E-state index contributed by atoms with van der Waals surface area (Å²) in [6.07, 6.45) is 2.29. The number of methoxy groups -OCH3 is 1. The Balaban J connectivity index is 1.59. The zero-order chi connectivity index (χ0) is 18.5. The standard InChI is InChI=1S/C18H22N4O3S/c1-13-20-15(12-26-13)11-21-6-3-7-22(9-8-21)17(23)16-5-4-14(10-19-16)18(24)25-2/h4-5,10,12H,3,6-9,11H2,1-2H3. The van der Waals surface area contributed by atoms with Crippen LogP contribution in [0.15, 0.2) is 23.7 Å². The number of pyridine rings is 1. The summed E-state index contributed by atoms with van der Waals surface area (Å²) in [6, 6.07) is 3.15. The number of hydrogen-bond donors (Lipinski definition) is 0. The highest BCUT2D eigenvalue weighted by Gasteiger charge is 2.22. The van der Waals surface area contributed by atoms with E-state index >= 15 is 0 Å². The summed E-state index contributed by atoms with van der Waals surface area (Å²) in [4.78, 5) is 37.0. The van der Waals surface area contributed by atoms with Crippen LogP contribution in [-0.2, 0) is 11.3 Å². The molecule has 0 atom stereocenters. The molecule has 1 amide bonds. The highest BCUT2D eigenvalue weighted by molar-refractivity contribution is 7.09. The summed E-state index contributed by atoms with van der Waals surface area (Å²) in [5.41, 5.74) is 1.78. The fourth-order valence-corrected chi connectivity index (χ4v) is 3.57. The first-order valence-corrected chi connectivity index (χ1v) is 9.42. The summed E-state index contributed by atoms with van der Waals surface area (Å²) in [7, 11) is 1.32. The van der Waals surface area contributed by atoms with Gasteiger partial charge in [-0.3, -0.25) is 14.7 Å². The molecule has 7 nitrogen and oxygen atoms in total. The number of amides is 1. The molecule has 2 aromatic rings. The van der Waals surface area contributed by atoms with Crippen LogP contribution in [-0.4, -0.2) is 64.9 Å². The predicted octanol–water partition coefficient (Wildman–Crippen LogP) is 1.98. The minimum absolute atomic E-state index is 0.104. The van der Waals surface area contributed by atoms with Gasteiger partial charge < -0.3 is 9.64 Å². The third kappa shape index (κ3) is 4.44. The summed E-state index contributed by atoms with van der Waals surface area (Å²) in [5, 5.41) is 3.17. The third-order valence-electron chi connectivity index (χ3n) is 4.33. The lowest BCUT2D eigenvalue weighted by atomic mass is 10.2. The Bertz CT molecular complexity index is 775. The molecule has 1 aliphatic heterocycles. The molecule has 0 aliphatic carbocycles. The second-order valence-electron chi connectivity index (χ2n) is 6.20. The van der Waals surface area contributed by atoms with Gasteiger partial charge in [-0.25, -0.2) is 9.78 Å². The lowest BCUT2D eigenvalue weighted by molar-refractivity contribution is 0.0599. The maximum atomic E-state index is 12.7. The summed E-state index contributed by atoms with van der Waals surface area (Å²) in [5.74, 6) is -0.563. The number of nitrogens with zero attached hydrogens (tertiary/aromatic N) is 4. The van der Waals surface area contributed by atoms with Crippen LogP contribution in [0.4, 0.5) is 0 Å². The number of esters is 1. The molecule has 138 valence electrons. The zero-order valence-corrected chi connectivity index (χ0v) is 15.8. The van der Waals surface area contributed by atoms with Gasteiger partial charge in [0.25, 0.3) is 5.91 Å². The van der Waals surface area contributed by atoms with Crippen molar-refractivity contribution in [2.75, 3.05) is 33.3 Å². The molecule has 0 aromatic carbocycles. The van der Waals surface area contributed by atoms with Gasteiger partial charge in [-0.05, 0) is 25.5 Å².